The highest BCUT2D eigenvalue weighted by Gasteiger charge is 2.19. The maximum Gasteiger partial charge on any atom is 0.239 e. The van der Waals surface area contributed by atoms with E-state index in [4.69, 9.17) is 4.74 Å². The minimum Gasteiger partial charge on any atom is -0.376 e. The van der Waals surface area contributed by atoms with Gasteiger partial charge in [0.05, 0.1) is 32.0 Å². The smallest absolute Gasteiger partial charge is 0.239 e. The minimum atomic E-state index is -0.0184. The van der Waals surface area contributed by atoms with Crippen molar-refractivity contribution in [1.29, 1.82) is 0 Å². The summed E-state index contributed by atoms with van der Waals surface area (Å²) in [5.41, 5.74) is 2.38. The molecule has 0 spiro atoms. The second kappa shape index (κ2) is 7.59. The lowest BCUT2D eigenvalue weighted by Crippen LogP contribution is -2.44. The number of aryl methyl sites for hydroxylation is 1. The molecule has 1 aromatic carbocycles. The van der Waals surface area contributed by atoms with Crippen molar-refractivity contribution in [3.05, 3.63) is 47.7 Å². The fraction of sp³-hybridized carbons (Fsp3) is 0.444. The van der Waals surface area contributed by atoms with Gasteiger partial charge in [0.25, 0.3) is 0 Å². The molecule has 0 aliphatic carbocycles. The Morgan fingerprint density at radius 2 is 2.29 bits per heavy atom. The number of aromatic nitrogens is 2. The molecule has 1 unspecified atom stereocenters. The Labute approximate surface area is 142 Å². The van der Waals surface area contributed by atoms with Crippen LogP contribution in [-0.2, 0) is 16.1 Å². The molecule has 1 aliphatic heterocycles. The van der Waals surface area contributed by atoms with Gasteiger partial charge in [-0.1, -0.05) is 29.8 Å². The number of morpholine rings is 1. The molecule has 128 valence electrons. The molecule has 1 fully saturated rings. The van der Waals surface area contributed by atoms with Crippen LogP contribution in [0.5, 0.6) is 0 Å². The molecule has 0 saturated carbocycles. The third-order valence-corrected chi connectivity index (χ3v) is 4.09. The number of nitrogens with zero attached hydrogens (tertiary/aromatic N) is 3. The monoisotopic (exact) mass is 328 g/mol. The first-order valence-electron chi connectivity index (χ1n) is 8.31. The molecule has 1 aromatic heterocycles. The predicted molar refractivity (Wildman–Crippen MR) is 93.0 cm³/mol. The highest BCUT2D eigenvalue weighted by Crippen LogP contribution is 2.12. The van der Waals surface area contributed by atoms with E-state index in [2.05, 4.69) is 40.4 Å². The number of amides is 1. The molecule has 3 rings (SSSR count). The maximum atomic E-state index is 12.3. The SMILES string of the molecule is Cc1cccc(Cn2nccc2NC(=O)CN2CCOC(C)C2)c1. The van der Waals surface area contributed by atoms with Crippen molar-refractivity contribution < 1.29 is 9.53 Å². The molecule has 2 aromatic rings. The third kappa shape index (κ3) is 4.43. The summed E-state index contributed by atoms with van der Waals surface area (Å²) in [5, 5.41) is 7.29. The van der Waals surface area contributed by atoms with Gasteiger partial charge < -0.3 is 10.1 Å². The van der Waals surface area contributed by atoms with Crippen LogP contribution in [0.1, 0.15) is 18.1 Å². The average molecular weight is 328 g/mol. The summed E-state index contributed by atoms with van der Waals surface area (Å²) in [6.45, 7) is 7.37. The van der Waals surface area contributed by atoms with Gasteiger partial charge in [-0.25, -0.2) is 4.68 Å². The molecule has 1 atom stereocenters. The van der Waals surface area contributed by atoms with Gasteiger partial charge in [-0.2, -0.15) is 5.10 Å². The molecule has 0 radical (unpaired) electrons. The summed E-state index contributed by atoms with van der Waals surface area (Å²) < 4.78 is 7.32. The van der Waals surface area contributed by atoms with Crippen molar-refractivity contribution in [3.63, 3.8) is 0 Å². The first-order chi connectivity index (χ1) is 11.6. The summed E-state index contributed by atoms with van der Waals surface area (Å²) in [6.07, 6.45) is 1.89. The van der Waals surface area contributed by atoms with Crippen LogP contribution in [-0.4, -0.2) is 52.9 Å². The van der Waals surface area contributed by atoms with E-state index < -0.39 is 0 Å². The summed E-state index contributed by atoms with van der Waals surface area (Å²) in [7, 11) is 0. The maximum absolute atomic E-state index is 12.3. The Kier molecular flexibility index (Phi) is 5.27. The number of rotatable bonds is 5. The van der Waals surface area contributed by atoms with Crippen LogP contribution in [0.4, 0.5) is 5.82 Å². The van der Waals surface area contributed by atoms with Gasteiger partial charge in [0.2, 0.25) is 5.91 Å². The summed E-state index contributed by atoms with van der Waals surface area (Å²) in [6, 6.07) is 10.1. The summed E-state index contributed by atoms with van der Waals surface area (Å²) in [4.78, 5) is 14.4. The zero-order valence-electron chi connectivity index (χ0n) is 14.2. The Morgan fingerprint density at radius 1 is 1.42 bits per heavy atom. The fourth-order valence-electron chi connectivity index (χ4n) is 2.97. The van der Waals surface area contributed by atoms with Crippen molar-refractivity contribution >= 4 is 11.7 Å². The van der Waals surface area contributed by atoms with E-state index in [9.17, 15) is 4.79 Å². The van der Waals surface area contributed by atoms with Crippen LogP contribution in [0.15, 0.2) is 36.5 Å². The Bertz CT molecular complexity index is 698. The largest absolute Gasteiger partial charge is 0.376 e. The number of hydrogen-bond donors (Lipinski definition) is 1. The molecule has 2 heterocycles. The second-order valence-electron chi connectivity index (χ2n) is 6.33. The van der Waals surface area contributed by atoms with Gasteiger partial charge in [-0.3, -0.25) is 9.69 Å². The first-order valence-corrected chi connectivity index (χ1v) is 8.31. The second-order valence-corrected chi connectivity index (χ2v) is 6.33. The molecule has 1 N–H and O–H groups in total. The van der Waals surface area contributed by atoms with Gasteiger partial charge in [0.15, 0.2) is 0 Å². The number of ether oxygens (including phenoxy) is 1. The van der Waals surface area contributed by atoms with E-state index in [1.807, 2.05) is 23.7 Å². The molecule has 1 saturated heterocycles. The van der Waals surface area contributed by atoms with Gasteiger partial charge in [-0.15, -0.1) is 0 Å². The van der Waals surface area contributed by atoms with Crippen molar-refractivity contribution in [2.75, 3.05) is 31.6 Å². The number of benzene rings is 1. The van der Waals surface area contributed by atoms with E-state index in [1.165, 1.54) is 5.56 Å². The van der Waals surface area contributed by atoms with Crippen molar-refractivity contribution in [2.24, 2.45) is 0 Å². The summed E-state index contributed by atoms with van der Waals surface area (Å²) >= 11 is 0. The van der Waals surface area contributed by atoms with Crippen molar-refractivity contribution in [3.8, 4) is 0 Å². The lowest BCUT2D eigenvalue weighted by atomic mass is 10.1. The number of nitrogens with one attached hydrogen (secondary N) is 1. The molecule has 6 nitrogen and oxygen atoms in total. The normalized spacial score (nSPS) is 18.5. The molecule has 1 aliphatic rings. The minimum absolute atomic E-state index is 0.0184. The number of anilines is 1. The Morgan fingerprint density at radius 3 is 3.08 bits per heavy atom. The van der Waals surface area contributed by atoms with Gasteiger partial charge >= 0.3 is 0 Å². The van der Waals surface area contributed by atoms with Crippen LogP contribution in [0.2, 0.25) is 0 Å². The van der Waals surface area contributed by atoms with Gasteiger partial charge in [-0.05, 0) is 19.4 Å². The van der Waals surface area contributed by atoms with Gasteiger partial charge in [0, 0.05) is 19.2 Å². The zero-order valence-corrected chi connectivity index (χ0v) is 14.2. The third-order valence-electron chi connectivity index (χ3n) is 4.09. The van der Waals surface area contributed by atoms with E-state index in [-0.39, 0.29) is 12.0 Å². The van der Waals surface area contributed by atoms with Crippen LogP contribution >= 0.6 is 0 Å². The van der Waals surface area contributed by atoms with Gasteiger partial charge in [0.1, 0.15) is 5.82 Å². The van der Waals surface area contributed by atoms with Crippen LogP contribution < -0.4 is 5.32 Å². The van der Waals surface area contributed by atoms with E-state index >= 15 is 0 Å². The van der Waals surface area contributed by atoms with E-state index in [0.717, 1.165) is 24.5 Å². The number of carbonyl (C=O) groups excluding carboxylic acids is 1. The average Bonchev–Trinajstić information content (AvgIpc) is 2.94. The quantitative estimate of drug-likeness (QED) is 0.911. The number of hydrogen-bond acceptors (Lipinski definition) is 4. The lowest BCUT2D eigenvalue weighted by molar-refractivity contribution is -0.119. The summed E-state index contributed by atoms with van der Waals surface area (Å²) in [5.74, 6) is 0.706. The molecule has 6 heteroatoms. The standard InChI is InChI=1S/C18H24N4O2/c1-14-4-3-5-16(10-14)12-22-17(6-7-19-22)20-18(23)13-21-8-9-24-15(2)11-21/h3-7,10,15H,8-9,11-13H2,1-2H3,(H,20,23). The highest BCUT2D eigenvalue weighted by molar-refractivity contribution is 5.91. The molecule has 1 amide bonds. The van der Waals surface area contributed by atoms with Crippen molar-refractivity contribution in [2.45, 2.75) is 26.5 Å². The van der Waals surface area contributed by atoms with E-state index in [1.54, 1.807) is 6.20 Å². The predicted octanol–water partition coefficient (Wildman–Crippen LogP) is 1.90. The molecule has 0 bridgehead atoms. The number of carbonyl (C=O) groups is 1. The highest BCUT2D eigenvalue weighted by atomic mass is 16.5. The van der Waals surface area contributed by atoms with Crippen LogP contribution in [0, 0.1) is 6.92 Å². The van der Waals surface area contributed by atoms with Crippen LogP contribution in [0.25, 0.3) is 0 Å². The van der Waals surface area contributed by atoms with Crippen molar-refractivity contribution in [1.82, 2.24) is 14.7 Å². The first kappa shape index (κ1) is 16.7. The molecule has 24 heavy (non-hydrogen) atoms. The van der Waals surface area contributed by atoms with Crippen LogP contribution in [0.3, 0.4) is 0 Å². The lowest BCUT2D eigenvalue weighted by Gasteiger charge is -2.30. The fourth-order valence-corrected chi connectivity index (χ4v) is 2.97. The zero-order chi connectivity index (χ0) is 16.9. The Hall–Kier alpha value is -2.18. The van der Waals surface area contributed by atoms with E-state index in [0.29, 0.717) is 19.7 Å². The molecular weight excluding hydrogens is 304 g/mol. The topological polar surface area (TPSA) is 59.4 Å². The molecular formula is C18H24N4O2. The Balaban J connectivity index is 1.59.